The van der Waals surface area contributed by atoms with Crippen LogP contribution in [0, 0.1) is 0 Å². The van der Waals surface area contributed by atoms with E-state index in [-0.39, 0.29) is 11.3 Å². The van der Waals surface area contributed by atoms with E-state index >= 15 is 0 Å². The predicted octanol–water partition coefficient (Wildman–Crippen LogP) is -0.125. The van der Waals surface area contributed by atoms with Crippen molar-refractivity contribution in [2.45, 2.75) is 5.41 Å². The number of carbonyl (C=O) groups excluding carboxylic acids is 1. The molecule has 1 fully saturated rings. The quantitative estimate of drug-likeness (QED) is 0.577. The Labute approximate surface area is 75.4 Å². The molecule has 0 atom stereocenters. The minimum Gasteiger partial charge on any atom is -0.314 e. The third kappa shape index (κ3) is 0.691. The third-order valence-electron chi connectivity index (χ3n) is 2.84. The maximum Gasteiger partial charge on any atom is 0.238 e. The van der Waals surface area contributed by atoms with Crippen LogP contribution in [0.4, 0.5) is 5.82 Å². The Bertz CT molecular complexity index is 384. The summed E-state index contributed by atoms with van der Waals surface area (Å²) >= 11 is 0. The molecule has 13 heavy (non-hydrogen) atoms. The molecule has 1 amide bonds. The van der Waals surface area contributed by atoms with Gasteiger partial charge in [0.15, 0.2) is 0 Å². The van der Waals surface area contributed by atoms with Crippen LogP contribution in [0.15, 0.2) is 18.3 Å². The molecule has 66 valence electrons. The molecule has 4 heteroatoms. The zero-order valence-corrected chi connectivity index (χ0v) is 7.00. The lowest BCUT2D eigenvalue weighted by Gasteiger charge is -2.36. The van der Waals surface area contributed by atoms with Gasteiger partial charge in [-0.05, 0) is 6.07 Å². The highest BCUT2D eigenvalue weighted by Crippen LogP contribution is 2.38. The first kappa shape index (κ1) is 7.03. The van der Waals surface area contributed by atoms with Gasteiger partial charge in [-0.1, -0.05) is 6.07 Å². The number of rotatable bonds is 0. The fraction of sp³-hybridized carbons (Fsp3) is 0.333. The van der Waals surface area contributed by atoms with Crippen molar-refractivity contribution in [2.24, 2.45) is 0 Å². The molecule has 2 N–H and O–H groups in total. The van der Waals surface area contributed by atoms with Crippen molar-refractivity contribution in [3.05, 3.63) is 23.9 Å². The van der Waals surface area contributed by atoms with E-state index in [9.17, 15) is 4.79 Å². The average molecular weight is 175 g/mol. The number of nitrogens with one attached hydrogen (secondary N) is 2. The number of anilines is 1. The van der Waals surface area contributed by atoms with Crippen LogP contribution >= 0.6 is 0 Å². The monoisotopic (exact) mass is 175 g/mol. The van der Waals surface area contributed by atoms with Gasteiger partial charge in [-0.3, -0.25) is 4.79 Å². The highest BCUT2D eigenvalue weighted by Gasteiger charge is 2.51. The van der Waals surface area contributed by atoms with Crippen LogP contribution in [0.1, 0.15) is 5.56 Å². The molecule has 1 aromatic heterocycles. The summed E-state index contributed by atoms with van der Waals surface area (Å²) in [7, 11) is 0. The normalized spacial score (nSPS) is 22.3. The van der Waals surface area contributed by atoms with Crippen LogP contribution < -0.4 is 10.6 Å². The van der Waals surface area contributed by atoms with E-state index in [0.717, 1.165) is 24.5 Å². The number of aromatic nitrogens is 1. The van der Waals surface area contributed by atoms with Gasteiger partial charge in [0, 0.05) is 24.8 Å². The van der Waals surface area contributed by atoms with Gasteiger partial charge >= 0.3 is 0 Å². The summed E-state index contributed by atoms with van der Waals surface area (Å²) in [4.78, 5) is 15.8. The van der Waals surface area contributed by atoms with Gasteiger partial charge in [-0.15, -0.1) is 0 Å². The van der Waals surface area contributed by atoms with Crippen molar-refractivity contribution >= 4 is 11.7 Å². The highest BCUT2D eigenvalue weighted by molar-refractivity contribution is 6.06. The van der Waals surface area contributed by atoms with Crippen molar-refractivity contribution < 1.29 is 4.79 Å². The number of amides is 1. The summed E-state index contributed by atoms with van der Waals surface area (Å²) in [6, 6.07) is 3.85. The first-order chi connectivity index (χ1) is 6.33. The predicted molar refractivity (Wildman–Crippen MR) is 47.4 cm³/mol. The average Bonchev–Trinajstić information content (AvgIpc) is 2.35. The number of hydrogen-bond acceptors (Lipinski definition) is 3. The number of fused-ring (bicyclic) bond motifs is 2. The van der Waals surface area contributed by atoms with Crippen molar-refractivity contribution in [1.29, 1.82) is 0 Å². The Balaban J connectivity index is 2.20. The fourth-order valence-corrected chi connectivity index (χ4v) is 1.97. The van der Waals surface area contributed by atoms with Gasteiger partial charge in [0.1, 0.15) is 11.2 Å². The van der Waals surface area contributed by atoms with Crippen molar-refractivity contribution in [3.8, 4) is 0 Å². The fourth-order valence-electron chi connectivity index (χ4n) is 1.97. The van der Waals surface area contributed by atoms with Gasteiger partial charge in [0.25, 0.3) is 0 Å². The minimum absolute atomic E-state index is 0.0833. The molecule has 2 aliphatic rings. The maximum atomic E-state index is 11.6. The van der Waals surface area contributed by atoms with E-state index in [1.807, 2.05) is 12.1 Å². The van der Waals surface area contributed by atoms with Gasteiger partial charge in [-0.2, -0.15) is 0 Å². The van der Waals surface area contributed by atoms with E-state index < -0.39 is 0 Å². The zero-order chi connectivity index (χ0) is 8.89. The van der Waals surface area contributed by atoms with Crippen LogP contribution in [0.2, 0.25) is 0 Å². The SMILES string of the molecule is O=C1Nc2ncccc2C12CNC2. The largest absolute Gasteiger partial charge is 0.314 e. The van der Waals surface area contributed by atoms with Crippen molar-refractivity contribution in [3.63, 3.8) is 0 Å². The number of hydrogen-bond donors (Lipinski definition) is 2. The van der Waals surface area contributed by atoms with Gasteiger partial charge < -0.3 is 10.6 Å². The van der Waals surface area contributed by atoms with Crippen LogP contribution in [0.3, 0.4) is 0 Å². The molecular weight excluding hydrogens is 166 g/mol. The molecule has 1 saturated heterocycles. The first-order valence-corrected chi connectivity index (χ1v) is 4.31. The van der Waals surface area contributed by atoms with Crippen LogP contribution in [0.5, 0.6) is 0 Å². The summed E-state index contributed by atoms with van der Waals surface area (Å²) in [6.07, 6.45) is 1.70. The lowest BCUT2D eigenvalue weighted by molar-refractivity contribution is -0.122. The van der Waals surface area contributed by atoms with E-state index in [0.29, 0.717) is 0 Å². The molecule has 1 spiro atoms. The van der Waals surface area contributed by atoms with E-state index in [1.165, 1.54) is 0 Å². The summed E-state index contributed by atoms with van der Waals surface area (Å²) in [5, 5.41) is 5.93. The second kappa shape index (κ2) is 2.09. The Morgan fingerprint density at radius 1 is 1.46 bits per heavy atom. The molecule has 3 heterocycles. The van der Waals surface area contributed by atoms with Crippen LogP contribution in [0.25, 0.3) is 0 Å². The van der Waals surface area contributed by atoms with Crippen molar-refractivity contribution in [1.82, 2.24) is 10.3 Å². The smallest absolute Gasteiger partial charge is 0.238 e. The Morgan fingerprint density at radius 2 is 2.31 bits per heavy atom. The molecule has 4 nitrogen and oxygen atoms in total. The summed E-state index contributed by atoms with van der Waals surface area (Å²) in [5.74, 6) is 0.814. The molecule has 2 aliphatic heterocycles. The minimum atomic E-state index is -0.316. The standard InChI is InChI=1S/C9H9N3O/c13-8-9(4-10-5-9)6-2-1-3-11-7(6)12-8/h1-3,10H,4-5H2,(H,11,12,13). The highest BCUT2D eigenvalue weighted by atomic mass is 16.2. The molecule has 0 saturated carbocycles. The summed E-state index contributed by atoms with van der Waals surface area (Å²) < 4.78 is 0. The lowest BCUT2D eigenvalue weighted by atomic mass is 9.77. The molecule has 0 unspecified atom stereocenters. The Kier molecular flexibility index (Phi) is 1.13. The molecule has 0 radical (unpaired) electrons. The molecule has 0 bridgehead atoms. The van der Waals surface area contributed by atoms with Gasteiger partial charge in [-0.25, -0.2) is 4.98 Å². The third-order valence-corrected chi connectivity index (χ3v) is 2.84. The van der Waals surface area contributed by atoms with Gasteiger partial charge in [0.2, 0.25) is 5.91 Å². The topological polar surface area (TPSA) is 54.0 Å². The van der Waals surface area contributed by atoms with E-state index in [4.69, 9.17) is 0 Å². The molecule has 0 aliphatic carbocycles. The number of nitrogens with zero attached hydrogens (tertiary/aromatic N) is 1. The van der Waals surface area contributed by atoms with Crippen LogP contribution in [-0.4, -0.2) is 24.0 Å². The first-order valence-electron chi connectivity index (χ1n) is 4.31. The number of carbonyl (C=O) groups is 1. The van der Waals surface area contributed by atoms with Gasteiger partial charge in [0.05, 0.1) is 0 Å². The molecule has 0 aromatic carbocycles. The van der Waals surface area contributed by atoms with E-state index in [2.05, 4.69) is 15.6 Å². The Hall–Kier alpha value is -1.42. The molecule has 1 aromatic rings. The molecular formula is C9H9N3O. The number of pyridine rings is 1. The van der Waals surface area contributed by atoms with E-state index in [1.54, 1.807) is 6.20 Å². The zero-order valence-electron chi connectivity index (χ0n) is 7.00. The van der Waals surface area contributed by atoms with Crippen LogP contribution in [-0.2, 0) is 10.2 Å². The Morgan fingerprint density at radius 3 is 3.00 bits per heavy atom. The second-order valence-corrected chi connectivity index (χ2v) is 3.54. The summed E-state index contributed by atoms with van der Waals surface area (Å²) in [5.41, 5.74) is 0.725. The summed E-state index contributed by atoms with van der Waals surface area (Å²) in [6.45, 7) is 1.47. The maximum absolute atomic E-state index is 11.6. The lowest BCUT2D eigenvalue weighted by Crippen LogP contribution is -2.60. The second-order valence-electron chi connectivity index (χ2n) is 3.54. The molecule has 3 rings (SSSR count). The van der Waals surface area contributed by atoms with Crippen molar-refractivity contribution in [2.75, 3.05) is 18.4 Å².